The van der Waals surface area contributed by atoms with E-state index in [1.807, 2.05) is 56.3 Å². The number of anilines is 1. The first-order chi connectivity index (χ1) is 9.56. The van der Waals surface area contributed by atoms with Gasteiger partial charge in [0.25, 0.3) is 5.91 Å². The second-order valence-corrected chi connectivity index (χ2v) is 4.96. The molecule has 0 radical (unpaired) electrons. The Balaban J connectivity index is 2.43. The van der Waals surface area contributed by atoms with Crippen molar-refractivity contribution in [1.82, 2.24) is 0 Å². The number of amides is 1. The molecule has 0 atom stereocenters. The average molecular weight is 268 g/mol. The minimum atomic E-state index is 0.00139. The molecule has 0 fully saturated rings. The summed E-state index contributed by atoms with van der Waals surface area (Å²) >= 11 is 0. The molecule has 0 spiro atoms. The Bertz CT molecular complexity index is 614. The highest BCUT2D eigenvalue weighted by atomic mass is 16.2. The highest BCUT2D eigenvalue weighted by Gasteiger charge is 2.19. The highest BCUT2D eigenvalue weighted by molar-refractivity contribution is 6.08. The molecule has 0 aliphatic heterocycles. The third-order valence-corrected chi connectivity index (χ3v) is 3.57. The van der Waals surface area contributed by atoms with Crippen LogP contribution in [0.2, 0.25) is 0 Å². The number of nitrogens with two attached hydrogens (primary N) is 1. The van der Waals surface area contributed by atoms with E-state index in [0.29, 0.717) is 6.54 Å². The Morgan fingerprint density at radius 2 is 1.65 bits per heavy atom. The van der Waals surface area contributed by atoms with Gasteiger partial charge in [-0.15, -0.1) is 0 Å². The van der Waals surface area contributed by atoms with Gasteiger partial charge in [-0.25, -0.2) is 0 Å². The van der Waals surface area contributed by atoms with Gasteiger partial charge >= 0.3 is 0 Å². The largest absolute Gasteiger partial charge is 0.326 e. The number of hydrogen-bond acceptors (Lipinski definition) is 2. The van der Waals surface area contributed by atoms with E-state index in [2.05, 4.69) is 0 Å². The van der Waals surface area contributed by atoms with Crippen molar-refractivity contribution in [2.24, 2.45) is 5.73 Å². The van der Waals surface area contributed by atoms with Gasteiger partial charge in [-0.05, 0) is 36.6 Å². The lowest BCUT2D eigenvalue weighted by Gasteiger charge is -2.22. The van der Waals surface area contributed by atoms with Gasteiger partial charge in [0.05, 0.1) is 0 Å². The minimum Gasteiger partial charge on any atom is -0.326 e. The lowest BCUT2D eigenvalue weighted by Crippen LogP contribution is -2.29. The summed E-state index contributed by atoms with van der Waals surface area (Å²) in [6.45, 7) is 4.34. The molecule has 0 bridgehead atoms. The van der Waals surface area contributed by atoms with Crippen molar-refractivity contribution < 1.29 is 4.79 Å². The topological polar surface area (TPSA) is 46.3 Å². The Morgan fingerprint density at radius 3 is 2.25 bits per heavy atom. The summed E-state index contributed by atoms with van der Waals surface area (Å²) in [4.78, 5) is 14.4. The summed E-state index contributed by atoms with van der Waals surface area (Å²) in [5, 5.41) is 0. The van der Waals surface area contributed by atoms with E-state index in [9.17, 15) is 4.79 Å². The average Bonchev–Trinajstić information content (AvgIpc) is 2.46. The van der Waals surface area contributed by atoms with Crippen LogP contribution in [0.25, 0.3) is 0 Å². The van der Waals surface area contributed by atoms with Crippen LogP contribution in [0.15, 0.2) is 42.5 Å². The summed E-state index contributed by atoms with van der Waals surface area (Å²) in [6.07, 6.45) is 0. The van der Waals surface area contributed by atoms with E-state index in [4.69, 9.17) is 5.73 Å². The number of nitrogens with zero attached hydrogens (tertiary/aromatic N) is 1. The summed E-state index contributed by atoms with van der Waals surface area (Å²) in [5.74, 6) is 0.00139. The second kappa shape index (κ2) is 5.88. The molecule has 0 aliphatic rings. The van der Waals surface area contributed by atoms with Crippen LogP contribution in [0, 0.1) is 13.8 Å². The lowest BCUT2D eigenvalue weighted by atomic mass is 10.0. The molecule has 0 saturated carbocycles. The van der Waals surface area contributed by atoms with Crippen molar-refractivity contribution in [2.75, 3.05) is 11.9 Å². The van der Waals surface area contributed by atoms with Gasteiger partial charge in [0, 0.05) is 24.8 Å². The zero-order valence-corrected chi connectivity index (χ0v) is 12.2. The first kappa shape index (κ1) is 14.3. The quantitative estimate of drug-likeness (QED) is 0.930. The molecule has 2 rings (SSSR count). The zero-order valence-electron chi connectivity index (χ0n) is 12.2. The summed E-state index contributed by atoms with van der Waals surface area (Å²) in [5.41, 5.74) is 10.3. The monoisotopic (exact) mass is 268 g/mol. The molecule has 0 unspecified atom stereocenters. The smallest absolute Gasteiger partial charge is 0.258 e. The fourth-order valence-electron chi connectivity index (χ4n) is 2.44. The predicted octanol–water partition coefficient (Wildman–Crippen LogP) is 3.04. The zero-order chi connectivity index (χ0) is 14.7. The predicted molar refractivity (Wildman–Crippen MR) is 83.0 cm³/mol. The van der Waals surface area contributed by atoms with Gasteiger partial charge in [0.2, 0.25) is 0 Å². The van der Waals surface area contributed by atoms with Crippen molar-refractivity contribution >= 4 is 11.6 Å². The number of aryl methyl sites for hydroxylation is 2. The van der Waals surface area contributed by atoms with Gasteiger partial charge < -0.3 is 10.6 Å². The Kier molecular flexibility index (Phi) is 4.20. The van der Waals surface area contributed by atoms with Crippen molar-refractivity contribution in [3.05, 3.63) is 64.7 Å². The normalized spacial score (nSPS) is 10.4. The van der Waals surface area contributed by atoms with Crippen LogP contribution in [-0.2, 0) is 6.54 Å². The van der Waals surface area contributed by atoms with E-state index in [1.165, 1.54) is 0 Å². The third kappa shape index (κ3) is 2.58. The SMILES string of the molecule is Cc1cccc(C)c1C(=O)N(C)c1ccccc1CN. The molecule has 2 N–H and O–H groups in total. The highest BCUT2D eigenvalue weighted by Crippen LogP contribution is 2.23. The molecular formula is C17H20N2O. The van der Waals surface area contributed by atoms with Gasteiger partial charge in [-0.2, -0.15) is 0 Å². The molecular weight excluding hydrogens is 248 g/mol. The van der Waals surface area contributed by atoms with E-state index < -0.39 is 0 Å². The van der Waals surface area contributed by atoms with Crippen LogP contribution in [0.4, 0.5) is 5.69 Å². The maximum absolute atomic E-state index is 12.7. The molecule has 2 aromatic rings. The molecule has 1 amide bonds. The van der Waals surface area contributed by atoms with Gasteiger partial charge in [-0.3, -0.25) is 4.79 Å². The Morgan fingerprint density at radius 1 is 1.05 bits per heavy atom. The van der Waals surface area contributed by atoms with Crippen LogP contribution in [0.1, 0.15) is 27.0 Å². The van der Waals surface area contributed by atoms with E-state index >= 15 is 0 Å². The lowest BCUT2D eigenvalue weighted by molar-refractivity contribution is 0.0991. The van der Waals surface area contributed by atoms with E-state index in [1.54, 1.807) is 11.9 Å². The number of rotatable bonds is 3. The first-order valence-electron chi connectivity index (χ1n) is 6.68. The van der Waals surface area contributed by atoms with Crippen molar-refractivity contribution in [3.63, 3.8) is 0 Å². The van der Waals surface area contributed by atoms with Crippen LogP contribution in [-0.4, -0.2) is 13.0 Å². The molecule has 3 nitrogen and oxygen atoms in total. The van der Waals surface area contributed by atoms with Crippen molar-refractivity contribution in [1.29, 1.82) is 0 Å². The van der Waals surface area contributed by atoms with Gasteiger partial charge in [-0.1, -0.05) is 36.4 Å². The third-order valence-electron chi connectivity index (χ3n) is 3.57. The maximum Gasteiger partial charge on any atom is 0.258 e. The molecule has 3 heteroatoms. The Labute approximate surface area is 120 Å². The molecule has 104 valence electrons. The van der Waals surface area contributed by atoms with Crippen LogP contribution in [0.3, 0.4) is 0 Å². The Hall–Kier alpha value is -2.13. The summed E-state index contributed by atoms with van der Waals surface area (Å²) in [6, 6.07) is 13.6. The van der Waals surface area contributed by atoms with Crippen LogP contribution >= 0.6 is 0 Å². The molecule has 0 aliphatic carbocycles. The fraction of sp³-hybridized carbons (Fsp3) is 0.235. The molecule has 0 aromatic heterocycles. The molecule has 0 saturated heterocycles. The number of carbonyl (C=O) groups excluding carboxylic acids is 1. The second-order valence-electron chi connectivity index (χ2n) is 4.96. The standard InChI is InChI=1S/C17H20N2O/c1-12-7-6-8-13(2)16(12)17(20)19(3)15-10-5-4-9-14(15)11-18/h4-10H,11,18H2,1-3H3. The number of benzene rings is 2. The summed E-state index contributed by atoms with van der Waals surface area (Å²) < 4.78 is 0. The van der Waals surface area contributed by atoms with Crippen LogP contribution in [0.5, 0.6) is 0 Å². The number of carbonyl (C=O) groups is 1. The summed E-state index contributed by atoms with van der Waals surface area (Å²) in [7, 11) is 1.79. The van der Waals surface area contributed by atoms with Crippen molar-refractivity contribution in [3.8, 4) is 0 Å². The molecule has 20 heavy (non-hydrogen) atoms. The van der Waals surface area contributed by atoms with E-state index in [-0.39, 0.29) is 5.91 Å². The number of hydrogen-bond donors (Lipinski definition) is 1. The van der Waals surface area contributed by atoms with Crippen molar-refractivity contribution in [2.45, 2.75) is 20.4 Å². The number of para-hydroxylation sites is 1. The fourth-order valence-corrected chi connectivity index (χ4v) is 2.44. The van der Waals surface area contributed by atoms with Gasteiger partial charge in [0.1, 0.15) is 0 Å². The van der Waals surface area contributed by atoms with Gasteiger partial charge in [0.15, 0.2) is 0 Å². The van der Waals surface area contributed by atoms with Crippen LogP contribution < -0.4 is 10.6 Å². The maximum atomic E-state index is 12.7. The molecule has 0 heterocycles. The minimum absolute atomic E-state index is 0.00139. The first-order valence-corrected chi connectivity index (χ1v) is 6.68. The van der Waals surface area contributed by atoms with E-state index in [0.717, 1.165) is 27.9 Å². The molecule has 2 aromatic carbocycles.